The Morgan fingerprint density at radius 1 is 1.67 bits per heavy atom. The highest BCUT2D eigenvalue weighted by atomic mass is 32.2. The Balaban J connectivity index is 2.47. The largest absolute Gasteiger partial charge is 0.442 e. The fourth-order valence-corrected chi connectivity index (χ4v) is 1.70. The highest BCUT2D eigenvalue weighted by Crippen LogP contribution is 2.34. The lowest BCUT2D eigenvalue weighted by Gasteiger charge is -2.11. The zero-order chi connectivity index (χ0) is 11.5. The van der Waals surface area contributed by atoms with Crippen molar-refractivity contribution in [3.8, 4) is 0 Å². The van der Waals surface area contributed by atoms with Gasteiger partial charge in [-0.3, -0.25) is 10.1 Å². The number of nitrogens with one attached hydrogen (secondary N) is 1. The number of hydrogen-bond donors (Lipinski definition) is 1. The topological polar surface area (TPSA) is 54.9 Å². The third-order valence-corrected chi connectivity index (χ3v) is 2.71. The minimum absolute atomic E-state index is 0.189. The van der Waals surface area contributed by atoms with Crippen LogP contribution in [0.15, 0.2) is 5.51 Å². The van der Waals surface area contributed by atoms with Gasteiger partial charge >= 0.3 is 5.51 Å². The molecular weight excluding hydrogens is 251 g/mol. The summed E-state index contributed by atoms with van der Waals surface area (Å²) in [4.78, 5) is 11.2. The predicted octanol–water partition coefficient (Wildman–Crippen LogP) is 2.12. The molecule has 15 heavy (non-hydrogen) atoms. The molecule has 0 unspecified atom stereocenters. The molecule has 1 heterocycles. The lowest BCUT2D eigenvalue weighted by atomic mass is 10.4. The van der Waals surface area contributed by atoms with Gasteiger partial charge in [0, 0.05) is 0 Å². The molecule has 1 rings (SSSR count). The highest BCUT2D eigenvalue weighted by Gasteiger charge is 2.34. The Labute approximate surface area is 91.3 Å². The van der Waals surface area contributed by atoms with Crippen molar-refractivity contribution in [2.75, 3.05) is 5.32 Å². The average Bonchev–Trinajstić information content (AvgIpc) is 2.53. The van der Waals surface area contributed by atoms with E-state index < -0.39 is 16.7 Å². The maximum Gasteiger partial charge on any atom is 0.442 e. The average molecular weight is 257 g/mol. The molecule has 84 valence electrons. The Bertz CT molecular complexity index is 327. The number of halogens is 3. The highest BCUT2D eigenvalue weighted by molar-refractivity contribution is 8.01. The van der Waals surface area contributed by atoms with Crippen LogP contribution in [0.3, 0.4) is 0 Å². The summed E-state index contributed by atoms with van der Waals surface area (Å²) in [7, 11) is 0. The zero-order valence-electron chi connectivity index (χ0n) is 7.41. The van der Waals surface area contributed by atoms with Gasteiger partial charge in [0.25, 0.3) is 0 Å². The molecule has 0 bridgehead atoms. The summed E-state index contributed by atoms with van der Waals surface area (Å²) in [5.41, 5.74) is -3.05. The van der Waals surface area contributed by atoms with Gasteiger partial charge in [-0.15, -0.1) is 10.2 Å². The van der Waals surface area contributed by atoms with Gasteiger partial charge in [-0.05, 0) is 18.7 Å². The summed E-state index contributed by atoms with van der Waals surface area (Å²) in [6.07, 6.45) is 0. The van der Waals surface area contributed by atoms with E-state index in [1.165, 1.54) is 12.4 Å². The van der Waals surface area contributed by atoms with E-state index in [4.69, 9.17) is 0 Å². The summed E-state index contributed by atoms with van der Waals surface area (Å²) < 4.78 is 35.7. The van der Waals surface area contributed by atoms with Gasteiger partial charge in [-0.2, -0.15) is 13.2 Å². The SMILES string of the molecule is C[C@H](SC(F)(F)F)C(=O)Nc1nncs1. The summed E-state index contributed by atoms with van der Waals surface area (Å²) in [5.74, 6) is -0.742. The summed E-state index contributed by atoms with van der Waals surface area (Å²) in [5, 5.41) is 8.12. The number of thioether (sulfide) groups is 1. The predicted molar refractivity (Wildman–Crippen MR) is 51.6 cm³/mol. The molecule has 1 aromatic rings. The molecule has 0 radical (unpaired) electrons. The van der Waals surface area contributed by atoms with E-state index in [-0.39, 0.29) is 16.9 Å². The first-order chi connectivity index (χ1) is 6.88. The van der Waals surface area contributed by atoms with Crippen LogP contribution in [-0.4, -0.2) is 26.9 Å². The summed E-state index contributed by atoms with van der Waals surface area (Å²) in [6, 6.07) is 0. The number of nitrogens with zero attached hydrogens (tertiary/aromatic N) is 2. The Hall–Kier alpha value is -0.830. The standard InChI is InChI=1S/C6H6F3N3OS2/c1-3(15-6(7,8)9)4(13)11-5-12-10-2-14-5/h2-3H,1H3,(H,11,12,13)/t3-/m0/s1. The molecule has 1 amide bonds. The molecule has 9 heteroatoms. The van der Waals surface area contributed by atoms with Crippen LogP contribution in [0.25, 0.3) is 0 Å². The first-order valence-corrected chi connectivity index (χ1v) is 5.46. The number of amides is 1. The van der Waals surface area contributed by atoms with E-state index in [9.17, 15) is 18.0 Å². The van der Waals surface area contributed by atoms with Gasteiger partial charge in [-0.1, -0.05) is 11.3 Å². The minimum atomic E-state index is -4.42. The maximum absolute atomic E-state index is 11.9. The number of alkyl halides is 3. The molecule has 4 nitrogen and oxygen atoms in total. The van der Waals surface area contributed by atoms with Crippen molar-refractivity contribution < 1.29 is 18.0 Å². The number of carbonyl (C=O) groups is 1. The molecular formula is C6H6F3N3OS2. The Morgan fingerprint density at radius 2 is 2.33 bits per heavy atom. The van der Waals surface area contributed by atoms with Crippen molar-refractivity contribution in [3.05, 3.63) is 5.51 Å². The normalized spacial score (nSPS) is 13.6. The molecule has 0 aliphatic heterocycles. The lowest BCUT2D eigenvalue weighted by Crippen LogP contribution is -2.25. The molecule has 0 spiro atoms. The third-order valence-electron chi connectivity index (χ3n) is 1.27. The van der Waals surface area contributed by atoms with E-state index >= 15 is 0 Å². The molecule has 0 aliphatic carbocycles. The second-order valence-corrected chi connectivity index (χ2v) is 4.68. The fraction of sp³-hybridized carbons (Fsp3) is 0.500. The van der Waals surface area contributed by atoms with Crippen molar-refractivity contribution in [1.82, 2.24) is 10.2 Å². The van der Waals surface area contributed by atoms with Crippen LogP contribution in [0, 0.1) is 0 Å². The first-order valence-electron chi connectivity index (χ1n) is 3.70. The first kappa shape index (κ1) is 12.2. The van der Waals surface area contributed by atoms with Gasteiger partial charge in [0.05, 0.1) is 5.25 Å². The summed E-state index contributed by atoms with van der Waals surface area (Å²) >= 11 is 0.673. The molecule has 1 N–H and O–H groups in total. The van der Waals surface area contributed by atoms with Gasteiger partial charge in [-0.25, -0.2) is 0 Å². The molecule has 0 saturated carbocycles. The number of hydrogen-bond acceptors (Lipinski definition) is 5. The second-order valence-electron chi connectivity index (χ2n) is 2.44. The third kappa shape index (κ3) is 4.47. The number of anilines is 1. The number of rotatable bonds is 3. The minimum Gasteiger partial charge on any atom is -0.300 e. The van der Waals surface area contributed by atoms with Gasteiger partial charge in [0.15, 0.2) is 0 Å². The van der Waals surface area contributed by atoms with Crippen molar-refractivity contribution in [2.45, 2.75) is 17.7 Å². The van der Waals surface area contributed by atoms with E-state index in [1.54, 1.807) is 0 Å². The molecule has 0 saturated heterocycles. The van der Waals surface area contributed by atoms with Crippen LogP contribution >= 0.6 is 23.1 Å². The Morgan fingerprint density at radius 3 is 2.80 bits per heavy atom. The van der Waals surface area contributed by atoms with E-state index in [1.807, 2.05) is 0 Å². The van der Waals surface area contributed by atoms with Crippen molar-refractivity contribution in [3.63, 3.8) is 0 Å². The molecule has 1 aromatic heterocycles. The maximum atomic E-state index is 11.9. The van der Waals surface area contributed by atoms with Gasteiger partial charge in [0.1, 0.15) is 5.51 Å². The van der Waals surface area contributed by atoms with E-state index in [0.717, 1.165) is 11.3 Å². The smallest absolute Gasteiger partial charge is 0.300 e. The molecule has 1 atom stereocenters. The van der Waals surface area contributed by atoms with Crippen molar-refractivity contribution in [1.29, 1.82) is 0 Å². The zero-order valence-corrected chi connectivity index (χ0v) is 9.04. The fourth-order valence-electron chi connectivity index (χ4n) is 0.689. The molecule has 0 aromatic carbocycles. The summed E-state index contributed by atoms with van der Waals surface area (Å²) in [6.45, 7) is 1.18. The monoisotopic (exact) mass is 257 g/mol. The van der Waals surface area contributed by atoms with Gasteiger partial charge < -0.3 is 0 Å². The van der Waals surface area contributed by atoms with Crippen LogP contribution in [-0.2, 0) is 4.79 Å². The van der Waals surface area contributed by atoms with Crippen molar-refractivity contribution in [2.24, 2.45) is 0 Å². The van der Waals surface area contributed by atoms with E-state index in [0.29, 0.717) is 0 Å². The van der Waals surface area contributed by atoms with Gasteiger partial charge in [0.2, 0.25) is 11.0 Å². The van der Waals surface area contributed by atoms with E-state index in [2.05, 4.69) is 15.5 Å². The number of aromatic nitrogens is 2. The molecule has 0 fully saturated rings. The van der Waals surface area contributed by atoms with Crippen LogP contribution in [0.2, 0.25) is 0 Å². The quantitative estimate of drug-likeness (QED) is 0.901. The lowest BCUT2D eigenvalue weighted by molar-refractivity contribution is -0.115. The van der Waals surface area contributed by atoms with Crippen LogP contribution in [0.4, 0.5) is 18.3 Å². The number of carbonyl (C=O) groups excluding carboxylic acids is 1. The van der Waals surface area contributed by atoms with Crippen molar-refractivity contribution >= 4 is 34.1 Å². The van der Waals surface area contributed by atoms with Crippen LogP contribution < -0.4 is 5.32 Å². The Kier molecular flexibility index (Phi) is 3.91. The van der Waals surface area contributed by atoms with Crippen LogP contribution in [0.5, 0.6) is 0 Å². The molecule has 0 aliphatic rings. The van der Waals surface area contributed by atoms with Crippen LogP contribution in [0.1, 0.15) is 6.92 Å². The second kappa shape index (κ2) is 4.79.